The molecule has 0 fully saturated rings. The maximum atomic E-state index is 13.2. The van der Waals surface area contributed by atoms with Gasteiger partial charge >= 0.3 is 0 Å². The molecule has 8 nitrogen and oxygen atoms in total. The van der Waals surface area contributed by atoms with E-state index in [2.05, 4.69) is 19.9 Å². The number of anilines is 1. The molecule has 3 aromatic rings. The first-order valence-electron chi connectivity index (χ1n) is 7.15. The Hall–Kier alpha value is -2.75. The van der Waals surface area contributed by atoms with Crippen molar-refractivity contribution in [3.8, 4) is 0 Å². The van der Waals surface area contributed by atoms with Crippen LogP contribution >= 0.6 is 0 Å². The van der Waals surface area contributed by atoms with Crippen LogP contribution in [0.25, 0.3) is 0 Å². The Balaban J connectivity index is 1.73. The summed E-state index contributed by atoms with van der Waals surface area (Å²) in [6, 6.07) is 6.07. The average Bonchev–Trinajstić information content (AvgIpc) is 3.16. The Morgan fingerprint density at radius 1 is 1.29 bits per heavy atom. The van der Waals surface area contributed by atoms with Crippen LogP contribution in [0.2, 0.25) is 0 Å². The van der Waals surface area contributed by atoms with Gasteiger partial charge in [0.1, 0.15) is 17.0 Å². The van der Waals surface area contributed by atoms with Gasteiger partial charge in [-0.2, -0.15) is 10.1 Å². The van der Waals surface area contributed by atoms with Crippen molar-refractivity contribution in [2.45, 2.75) is 24.9 Å². The van der Waals surface area contributed by atoms with E-state index in [-0.39, 0.29) is 23.2 Å². The summed E-state index contributed by atoms with van der Waals surface area (Å²) < 4.78 is 42.9. The van der Waals surface area contributed by atoms with Crippen LogP contribution in [0, 0.1) is 5.82 Å². The molecule has 0 unspecified atom stereocenters. The fraction of sp³-hybridized carbons (Fsp3) is 0.214. The molecule has 0 aliphatic carbocycles. The Morgan fingerprint density at radius 2 is 2.12 bits per heavy atom. The Morgan fingerprint density at radius 3 is 2.83 bits per heavy atom. The molecule has 1 N–H and O–H groups in total. The van der Waals surface area contributed by atoms with Crippen molar-refractivity contribution in [2.24, 2.45) is 0 Å². The van der Waals surface area contributed by atoms with E-state index in [1.165, 1.54) is 40.2 Å². The quantitative estimate of drug-likeness (QED) is 0.727. The molecule has 126 valence electrons. The molecule has 0 saturated carbocycles. The number of halogens is 1. The highest BCUT2D eigenvalue weighted by Crippen LogP contribution is 2.12. The summed E-state index contributed by atoms with van der Waals surface area (Å²) in [5, 5.41) is 7.97. The van der Waals surface area contributed by atoms with E-state index in [9.17, 15) is 12.8 Å². The van der Waals surface area contributed by atoms with Gasteiger partial charge in [0.25, 0.3) is 16.0 Å². The van der Waals surface area contributed by atoms with Crippen LogP contribution in [0.4, 0.5) is 10.3 Å². The number of nitrogens with one attached hydrogen (secondary N) is 1. The maximum Gasteiger partial charge on any atom is 0.267 e. The second kappa shape index (κ2) is 6.40. The molecule has 0 saturated heterocycles. The molecule has 10 heteroatoms. The standard InChI is InChI=1S/C14H15FN6O2S/c1-2-20-9-13(7-17-20)24(22,23)19-14-16-10-21(18-14)8-11-4-3-5-12(15)6-11/h3-7,9-10H,2,8H2,1H3,(H,18,19). The van der Waals surface area contributed by atoms with Gasteiger partial charge in [0.15, 0.2) is 0 Å². The van der Waals surface area contributed by atoms with E-state index >= 15 is 0 Å². The van der Waals surface area contributed by atoms with E-state index in [1.54, 1.807) is 12.1 Å². The lowest BCUT2D eigenvalue weighted by Crippen LogP contribution is -2.14. The van der Waals surface area contributed by atoms with Gasteiger partial charge in [0, 0.05) is 12.7 Å². The molecule has 0 spiro atoms. The lowest BCUT2D eigenvalue weighted by atomic mass is 10.2. The van der Waals surface area contributed by atoms with Crippen molar-refractivity contribution in [1.29, 1.82) is 0 Å². The number of rotatable bonds is 6. The van der Waals surface area contributed by atoms with Crippen molar-refractivity contribution in [2.75, 3.05) is 4.72 Å². The third-order valence-electron chi connectivity index (χ3n) is 3.24. The minimum atomic E-state index is -3.80. The molecule has 0 aliphatic heterocycles. The Labute approximate surface area is 138 Å². The minimum Gasteiger partial charge on any atom is -0.272 e. The molecular formula is C14H15FN6O2S. The Bertz CT molecular complexity index is 950. The zero-order valence-corrected chi connectivity index (χ0v) is 13.6. The molecule has 0 aliphatic rings. The molecule has 2 heterocycles. The molecule has 24 heavy (non-hydrogen) atoms. The first-order chi connectivity index (χ1) is 11.5. The number of nitrogens with zero attached hydrogens (tertiary/aromatic N) is 5. The second-order valence-electron chi connectivity index (χ2n) is 5.03. The fourth-order valence-corrected chi connectivity index (χ4v) is 2.97. The zero-order chi connectivity index (χ0) is 17.2. The van der Waals surface area contributed by atoms with Gasteiger partial charge in [-0.15, -0.1) is 5.10 Å². The predicted molar refractivity (Wildman–Crippen MR) is 84.2 cm³/mol. The molecule has 0 atom stereocenters. The van der Waals surface area contributed by atoms with Gasteiger partial charge in [-0.25, -0.2) is 22.2 Å². The van der Waals surface area contributed by atoms with E-state index < -0.39 is 10.0 Å². The molecular weight excluding hydrogens is 335 g/mol. The van der Waals surface area contributed by atoms with Gasteiger partial charge in [0.2, 0.25) is 0 Å². The van der Waals surface area contributed by atoms with Crippen LogP contribution in [-0.4, -0.2) is 33.0 Å². The topological polar surface area (TPSA) is 94.7 Å². The van der Waals surface area contributed by atoms with Gasteiger partial charge in [-0.3, -0.25) is 4.68 Å². The molecule has 1 aromatic carbocycles. The van der Waals surface area contributed by atoms with Crippen LogP contribution < -0.4 is 4.72 Å². The first-order valence-corrected chi connectivity index (χ1v) is 8.64. The van der Waals surface area contributed by atoms with Crippen molar-refractivity contribution in [3.05, 3.63) is 54.4 Å². The van der Waals surface area contributed by atoms with Crippen LogP contribution in [0.5, 0.6) is 0 Å². The summed E-state index contributed by atoms with van der Waals surface area (Å²) >= 11 is 0. The monoisotopic (exact) mass is 350 g/mol. The van der Waals surface area contributed by atoms with Gasteiger partial charge in [-0.05, 0) is 24.6 Å². The second-order valence-corrected chi connectivity index (χ2v) is 6.72. The average molecular weight is 350 g/mol. The molecule has 0 amide bonds. The molecule has 3 rings (SSSR count). The largest absolute Gasteiger partial charge is 0.272 e. The minimum absolute atomic E-state index is 0.0332. The maximum absolute atomic E-state index is 13.2. The van der Waals surface area contributed by atoms with Crippen molar-refractivity contribution < 1.29 is 12.8 Å². The number of hydrogen-bond acceptors (Lipinski definition) is 5. The van der Waals surface area contributed by atoms with Gasteiger partial charge < -0.3 is 0 Å². The number of benzene rings is 1. The van der Waals surface area contributed by atoms with Crippen molar-refractivity contribution in [1.82, 2.24) is 24.5 Å². The summed E-state index contributed by atoms with van der Waals surface area (Å²) in [6.45, 7) is 2.70. The third-order valence-corrected chi connectivity index (χ3v) is 4.52. The highest BCUT2D eigenvalue weighted by atomic mass is 32.2. The Kier molecular flexibility index (Phi) is 4.30. The fourth-order valence-electron chi connectivity index (χ4n) is 2.08. The molecule has 0 bridgehead atoms. The zero-order valence-electron chi connectivity index (χ0n) is 12.8. The van der Waals surface area contributed by atoms with E-state index in [4.69, 9.17) is 0 Å². The van der Waals surface area contributed by atoms with Crippen molar-refractivity contribution in [3.63, 3.8) is 0 Å². The SMILES string of the molecule is CCn1cc(S(=O)(=O)Nc2ncn(Cc3cccc(F)c3)n2)cn1. The number of sulfonamides is 1. The lowest BCUT2D eigenvalue weighted by molar-refractivity contribution is 0.600. The first kappa shape index (κ1) is 16.1. The van der Waals surface area contributed by atoms with Crippen LogP contribution in [0.15, 0.2) is 47.9 Å². The van der Waals surface area contributed by atoms with Gasteiger partial charge in [0.05, 0.1) is 12.7 Å². The van der Waals surface area contributed by atoms with Crippen LogP contribution in [0.1, 0.15) is 12.5 Å². The smallest absolute Gasteiger partial charge is 0.267 e. The summed E-state index contributed by atoms with van der Waals surface area (Å²) in [7, 11) is -3.80. The van der Waals surface area contributed by atoms with Gasteiger partial charge in [-0.1, -0.05) is 12.1 Å². The summed E-state index contributed by atoms with van der Waals surface area (Å²) in [5.74, 6) is -0.405. The number of aromatic nitrogens is 5. The van der Waals surface area contributed by atoms with Crippen molar-refractivity contribution >= 4 is 16.0 Å². The van der Waals surface area contributed by atoms with E-state index in [0.29, 0.717) is 12.1 Å². The summed E-state index contributed by atoms with van der Waals surface area (Å²) in [6.07, 6.45) is 4.06. The van der Waals surface area contributed by atoms with Crippen LogP contribution in [0.3, 0.4) is 0 Å². The van der Waals surface area contributed by atoms with E-state index in [0.717, 1.165) is 0 Å². The third kappa shape index (κ3) is 3.59. The normalized spacial score (nSPS) is 11.6. The summed E-state index contributed by atoms with van der Waals surface area (Å²) in [4.78, 5) is 3.95. The number of hydrogen-bond donors (Lipinski definition) is 1. The van der Waals surface area contributed by atoms with E-state index in [1.807, 2.05) is 6.92 Å². The number of aryl methyl sites for hydroxylation is 1. The summed E-state index contributed by atoms with van der Waals surface area (Å²) in [5.41, 5.74) is 0.693. The van der Waals surface area contributed by atoms with Crippen LogP contribution in [-0.2, 0) is 23.1 Å². The molecule has 2 aromatic heterocycles. The highest BCUT2D eigenvalue weighted by Gasteiger charge is 2.18. The molecule has 0 radical (unpaired) electrons. The predicted octanol–water partition coefficient (Wildman–Crippen LogP) is 1.48. The lowest BCUT2D eigenvalue weighted by Gasteiger charge is -2.02. The highest BCUT2D eigenvalue weighted by molar-refractivity contribution is 7.92.